The predicted octanol–water partition coefficient (Wildman–Crippen LogP) is -1.00. The van der Waals surface area contributed by atoms with Gasteiger partial charge in [-0.3, -0.25) is 14.9 Å². The van der Waals surface area contributed by atoms with Gasteiger partial charge in [0.15, 0.2) is 17.4 Å². The average Bonchev–Trinajstić information content (AvgIpc) is 2.79. The molecule has 2 N–H and O–H groups in total. The monoisotopic (exact) mass is 316 g/mol. The first-order valence-electron chi connectivity index (χ1n) is 6.21. The number of amidine groups is 1. The van der Waals surface area contributed by atoms with E-state index >= 15 is 0 Å². The van der Waals surface area contributed by atoms with Crippen LogP contribution in [0, 0.1) is 0 Å². The summed E-state index contributed by atoms with van der Waals surface area (Å²) < 4.78 is 5.01. The van der Waals surface area contributed by atoms with Crippen molar-refractivity contribution >= 4 is 34.8 Å². The molecular formula is C11H16N4O5S. The number of amides is 3. The van der Waals surface area contributed by atoms with Crippen LogP contribution in [-0.4, -0.2) is 83.3 Å². The number of hydrogen-bond donors (Lipinski definition) is 2. The maximum atomic E-state index is 12.0. The molecule has 9 nitrogen and oxygen atoms in total. The van der Waals surface area contributed by atoms with Crippen LogP contribution in [0.1, 0.15) is 0 Å². The third-order valence-corrected chi connectivity index (χ3v) is 4.17. The first-order chi connectivity index (χ1) is 9.95. The number of carboxylic acid groups (broad SMARTS) is 1. The average molecular weight is 316 g/mol. The molecule has 2 heterocycles. The number of ether oxygens (including phenoxy) is 1. The Morgan fingerprint density at radius 1 is 1.52 bits per heavy atom. The topological polar surface area (TPSA) is 112 Å². The molecule has 3 amide bonds. The molecule has 116 valence electrons. The van der Waals surface area contributed by atoms with E-state index in [2.05, 4.69) is 10.3 Å². The molecule has 2 aliphatic rings. The summed E-state index contributed by atoms with van der Waals surface area (Å²) in [5.74, 6) is -1.58. The number of carbonyl (C=O) groups excluding carboxylic acids is 2. The van der Waals surface area contributed by atoms with Crippen molar-refractivity contribution in [1.29, 1.82) is 0 Å². The number of carboxylic acids is 1. The highest BCUT2D eigenvalue weighted by molar-refractivity contribution is 8.14. The third kappa shape index (κ3) is 3.10. The van der Waals surface area contributed by atoms with Gasteiger partial charge in [-0.1, -0.05) is 11.8 Å². The molecule has 0 aliphatic carbocycles. The van der Waals surface area contributed by atoms with Crippen LogP contribution in [0.25, 0.3) is 0 Å². The summed E-state index contributed by atoms with van der Waals surface area (Å²) in [5.41, 5.74) is 0. The molecule has 21 heavy (non-hydrogen) atoms. The molecule has 1 saturated heterocycles. The second-order valence-corrected chi connectivity index (χ2v) is 5.49. The molecule has 1 fully saturated rings. The highest BCUT2D eigenvalue weighted by Gasteiger charge is 2.48. The fraction of sp³-hybridized carbons (Fsp3) is 0.636. The van der Waals surface area contributed by atoms with Gasteiger partial charge in [-0.05, 0) is 0 Å². The zero-order chi connectivity index (χ0) is 15.6. The van der Waals surface area contributed by atoms with E-state index in [1.807, 2.05) is 0 Å². The molecule has 0 aromatic heterocycles. The summed E-state index contributed by atoms with van der Waals surface area (Å²) in [6, 6.07) is -1.17. The summed E-state index contributed by atoms with van der Waals surface area (Å²) >= 11 is 1.02. The van der Waals surface area contributed by atoms with Crippen molar-refractivity contribution in [2.24, 2.45) is 4.99 Å². The van der Waals surface area contributed by atoms with Crippen LogP contribution in [0.15, 0.2) is 4.99 Å². The Morgan fingerprint density at radius 2 is 2.24 bits per heavy atom. The second kappa shape index (κ2) is 6.31. The number of methoxy groups -OCH3 is 1. The summed E-state index contributed by atoms with van der Waals surface area (Å²) in [6.45, 7) is 0.749. The Labute approximate surface area is 125 Å². The first kappa shape index (κ1) is 15.6. The molecule has 0 aromatic rings. The van der Waals surface area contributed by atoms with Gasteiger partial charge in [0.1, 0.15) is 0 Å². The zero-order valence-electron chi connectivity index (χ0n) is 11.6. The molecule has 0 spiro atoms. The Hall–Kier alpha value is -1.81. The molecule has 0 saturated carbocycles. The van der Waals surface area contributed by atoms with Crippen molar-refractivity contribution < 1.29 is 24.2 Å². The summed E-state index contributed by atoms with van der Waals surface area (Å²) in [4.78, 5) is 41.7. The summed E-state index contributed by atoms with van der Waals surface area (Å²) in [7, 11) is 3.08. The SMILES string of the molecule is COCCN1C(SCC(=O)O)=NC2C1C(=O)NC(=O)N2C. The normalized spacial score (nSPS) is 24.8. The van der Waals surface area contributed by atoms with Crippen molar-refractivity contribution in [3.8, 4) is 0 Å². The van der Waals surface area contributed by atoms with Gasteiger partial charge in [0, 0.05) is 20.7 Å². The number of carbonyl (C=O) groups is 3. The van der Waals surface area contributed by atoms with E-state index in [9.17, 15) is 14.4 Å². The quantitative estimate of drug-likeness (QED) is 0.669. The van der Waals surface area contributed by atoms with Crippen molar-refractivity contribution in [3.05, 3.63) is 0 Å². The van der Waals surface area contributed by atoms with Crippen LogP contribution in [-0.2, 0) is 14.3 Å². The number of fused-ring (bicyclic) bond motifs is 1. The van der Waals surface area contributed by atoms with Crippen molar-refractivity contribution in [1.82, 2.24) is 15.1 Å². The molecule has 0 aromatic carbocycles. The highest BCUT2D eigenvalue weighted by atomic mass is 32.2. The van der Waals surface area contributed by atoms with Crippen LogP contribution >= 0.6 is 11.8 Å². The maximum absolute atomic E-state index is 12.0. The number of nitrogens with zero attached hydrogens (tertiary/aromatic N) is 3. The first-order valence-corrected chi connectivity index (χ1v) is 7.20. The van der Waals surface area contributed by atoms with Gasteiger partial charge in [0.25, 0.3) is 5.91 Å². The van der Waals surface area contributed by atoms with E-state index in [0.29, 0.717) is 18.3 Å². The van der Waals surface area contributed by atoms with Crippen LogP contribution < -0.4 is 5.32 Å². The Bertz CT molecular complexity index is 497. The van der Waals surface area contributed by atoms with E-state index in [-0.39, 0.29) is 5.75 Å². The van der Waals surface area contributed by atoms with Crippen molar-refractivity contribution in [3.63, 3.8) is 0 Å². The molecule has 2 aliphatic heterocycles. The third-order valence-electron chi connectivity index (χ3n) is 3.18. The molecule has 10 heteroatoms. The van der Waals surface area contributed by atoms with Crippen LogP contribution in [0.5, 0.6) is 0 Å². The minimum absolute atomic E-state index is 0.166. The second-order valence-electron chi connectivity index (χ2n) is 4.54. The molecule has 2 atom stereocenters. The van der Waals surface area contributed by atoms with E-state index in [1.54, 1.807) is 11.9 Å². The summed E-state index contributed by atoms with van der Waals surface area (Å²) in [6.07, 6.45) is -0.639. The number of hydrogen-bond acceptors (Lipinski definition) is 7. The Balaban J connectivity index is 2.22. The van der Waals surface area contributed by atoms with Gasteiger partial charge in [-0.25, -0.2) is 9.79 Å². The van der Waals surface area contributed by atoms with Gasteiger partial charge >= 0.3 is 12.0 Å². The molecule has 0 radical (unpaired) electrons. The molecule has 2 unspecified atom stereocenters. The Morgan fingerprint density at radius 3 is 2.86 bits per heavy atom. The fourth-order valence-electron chi connectivity index (χ4n) is 2.17. The highest BCUT2D eigenvalue weighted by Crippen LogP contribution is 2.28. The lowest BCUT2D eigenvalue weighted by molar-refractivity contribution is -0.134. The largest absolute Gasteiger partial charge is 0.481 e. The van der Waals surface area contributed by atoms with Crippen LogP contribution in [0.4, 0.5) is 4.79 Å². The standard InChI is InChI=1S/C11H16N4O5S/c1-14-8-7(9(18)13-10(14)19)15(3-4-20-2)11(12-8)21-5-6(16)17/h7-8H,3-5H2,1-2H3,(H,16,17)(H,13,18,19). The van der Waals surface area contributed by atoms with Crippen molar-refractivity contribution in [2.75, 3.05) is 33.1 Å². The number of nitrogens with one attached hydrogen (secondary N) is 1. The number of likely N-dealkylation sites (N-methyl/N-ethyl adjacent to an activating group) is 1. The number of aliphatic imine (C=N–C) groups is 1. The molecular weight excluding hydrogens is 300 g/mol. The minimum atomic E-state index is -0.974. The minimum Gasteiger partial charge on any atom is -0.481 e. The van der Waals surface area contributed by atoms with Crippen molar-refractivity contribution in [2.45, 2.75) is 12.2 Å². The maximum Gasteiger partial charge on any atom is 0.325 e. The number of thioether (sulfide) groups is 1. The lowest BCUT2D eigenvalue weighted by Gasteiger charge is -2.36. The van der Waals surface area contributed by atoms with E-state index in [4.69, 9.17) is 9.84 Å². The number of aliphatic carboxylic acids is 1. The number of rotatable bonds is 5. The van der Waals surface area contributed by atoms with Gasteiger partial charge in [0.2, 0.25) is 0 Å². The Kier molecular flexibility index (Phi) is 4.68. The smallest absolute Gasteiger partial charge is 0.325 e. The lowest BCUT2D eigenvalue weighted by Crippen LogP contribution is -2.63. The van der Waals surface area contributed by atoms with Gasteiger partial charge in [-0.15, -0.1) is 0 Å². The van der Waals surface area contributed by atoms with Gasteiger partial charge in [-0.2, -0.15) is 0 Å². The lowest BCUT2D eigenvalue weighted by atomic mass is 10.1. The van der Waals surface area contributed by atoms with E-state index in [0.717, 1.165) is 11.8 Å². The molecule has 0 bridgehead atoms. The van der Waals surface area contributed by atoms with E-state index in [1.165, 1.54) is 12.0 Å². The van der Waals surface area contributed by atoms with Crippen LogP contribution in [0.2, 0.25) is 0 Å². The van der Waals surface area contributed by atoms with Gasteiger partial charge in [0.05, 0.1) is 12.4 Å². The zero-order valence-corrected chi connectivity index (χ0v) is 12.4. The van der Waals surface area contributed by atoms with Crippen LogP contribution in [0.3, 0.4) is 0 Å². The fourth-order valence-corrected chi connectivity index (χ4v) is 2.98. The van der Waals surface area contributed by atoms with Gasteiger partial charge < -0.3 is 19.6 Å². The number of imide groups is 1. The number of urea groups is 1. The molecule has 2 rings (SSSR count). The van der Waals surface area contributed by atoms with E-state index < -0.39 is 30.1 Å². The summed E-state index contributed by atoms with van der Waals surface area (Å²) in [5, 5.41) is 11.5. The predicted molar refractivity (Wildman–Crippen MR) is 75.0 cm³/mol.